The molecule has 1 atom stereocenters. The van der Waals surface area contributed by atoms with Crippen LogP contribution in [-0.4, -0.2) is 38.1 Å². The van der Waals surface area contributed by atoms with E-state index in [1.165, 1.54) is 45.2 Å². The van der Waals surface area contributed by atoms with Gasteiger partial charge in [0.15, 0.2) is 0 Å². The first kappa shape index (κ1) is 13.6. The fourth-order valence-corrected chi connectivity index (χ4v) is 2.73. The predicted octanol–water partition coefficient (Wildman–Crippen LogP) is 2.48. The average Bonchev–Trinajstić information content (AvgIpc) is 2.38. The van der Waals surface area contributed by atoms with Crippen molar-refractivity contribution in [3.63, 3.8) is 0 Å². The van der Waals surface area contributed by atoms with Crippen LogP contribution >= 0.6 is 0 Å². The molecule has 0 aromatic heterocycles. The number of hydrogen-bond acceptors (Lipinski definition) is 2. The van der Waals surface area contributed by atoms with E-state index in [-0.39, 0.29) is 0 Å². The van der Waals surface area contributed by atoms with Crippen LogP contribution < -0.4 is 5.32 Å². The molecule has 1 N–H and O–H groups in total. The molecular formula is C16H26N2. The van der Waals surface area contributed by atoms with Crippen LogP contribution in [0.4, 0.5) is 0 Å². The first-order chi connectivity index (χ1) is 8.75. The van der Waals surface area contributed by atoms with Gasteiger partial charge in [-0.2, -0.15) is 0 Å². The lowest BCUT2D eigenvalue weighted by Gasteiger charge is -2.25. The molecule has 0 fully saturated rings. The van der Waals surface area contributed by atoms with Crippen LogP contribution in [0.5, 0.6) is 0 Å². The van der Waals surface area contributed by atoms with Crippen molar-refractivity contribution in [1.82, 2.24) is 10.2 Å². The smallest absolute Gasteiger partial charge is 0.0111 e. The lowest BCUT2D eigenvalue weighted by Crippen LogP contribution is -2.35. The molecule has 0 amide bonds. The van der Waals surface area contributed by atoms with E-state index in [9.17, 15) is 0 Å². The summed E-state index contributed by atoms with van der Waals surface area (Å²) in [5.74, 6) is 0. The number of nitrogens with zero attached hydrogens (tertiary/aromatic N) is 1. The molecule has 0 saturated carbocycles. The second-order valence-electron chi connectivity index (χ2n) is 5.67. The van der Waals surface area contributed by atoms with E-state index in [1.807, 2.05) is 0 Å². The standard InChI is InChI=1S/C16H26N2/c1-18(2)12-6-5-11-17-16-10-9-14-7-3-4-8-15(14)13-16/h3-4,7-8,16-17H,5-6,9-13H2,1-2H3. The van der Waals surface area contributed by atoms with Crippen molar-refractivity contribution in [2.45, 2.75) is 38.1 Å². The van der Waals surface area contributed by atoms with Gasteiger partial charge < -0.3 is 10.2 Å². The molecule has 0 spiro atoms. The molecule has 0 heterocycles. The fraction of sp³-hybridized carbons (Fsp3) is 0.625. The maximum absolute atomic E-state index is 3.72. The van der Waals surface area contributed by atoms with E-state index < -0.39 is 0 Å². The van der Waals surface area contributed by atoms with Gasteiger partial charge in [0.1, 0.15) is 0 Å². The Labute approximate surface area is 111 Å². The van der Waals surface area contributed by atoms with E-state index in [4.69, 9.17) is 0 Å². The maximum atomic E-state index is 3.72. The Morgan fingerprint density at radius 1 is 1.17 bits per heavy atom. The Hall–Kier alpha value is -0.860. The zero-order valence-electron chi connectivity index (χ0n) is 11.8. The molecule has 1 aliphatic rings. The SMILES string of the molecule is CN(C)CCCCNC1CCc2ccccc2C1. The number of hydrogen-bond donors (Lipinski definition) is 1. The highest BCUT2D eigenvalue weighted by molar-refractivity contribution is 5.30. The quantitative estimate of drug-likeness (QED) is 0.776. The summed E-state index contributed by atoms with van der Waals surface area (Å²) in [5, 5.41) is 3.72. The van der Waals surface area contributed by atoms with Gasteiger partial charge in [0.05, 0.1) is 0 Å². The van der Waals surface area contributed by atoms with Crippen molar-refractivity contribution < 1.29 is 0 Å². The normalized spacial score (nSPS) is 18.9. The third-order valence-electron chi connectivity index (χ3n) is 3.81. The molecule has 2 rings (SSSR count). The minimum absolute atomic E-state index is 0.694. The number of unbranched alkanes of at least 4 members (excludes halogenated alkanes) is 1. The molecule has 2 nitrogen and oxygen atoms in total. The van der Waals surface area contributed by atoms with Gasteiger partial charge in [-0.05, 0) is 70.4 Å². The fourth-order valence-electron chi connectivity index (χ4n) is 2.73. The van der Waals surface area contributed by atoms with Crippen molar-refractivity contribution in [2.24, 2.45) is 0 Å². The zero-order chi connectivity index (χ0) is 12.8. The highest BCUT2D eigenvalue weighted by Crippen LogP contribution is 2.20. The molecule has 1 aromatic rings. The van der Waals surface area contributed by atoms with Crippen molar-refractivity contribution in [3.8, 4) is 0 Å². The minimum Gasteiger partial charge on any atom is -0.314 e. The van der Waals surface area contributed by atoms with Crippen molar-refractivity contribution in [3.05, 3.63) is 35.4 Å². The Morgan fingerprint density at radius 3 is 2.72 bits per heavy atom. The lowest BCUT2D eigenvalue weighted by atomic mass is 9.88. The predicted molar refractivity (Wildman–Crippen MR) is 78.0 cm³/mol. The Bertz CT molecular complexity index is 360. The van der Waals surface area contributed by atoms with Gasteiger partial charge in [-0.25, -0.2) is 0 Å². The topological polar surface area (TPSA) is 15.3 Å². The number of aryl methyl sites for hydroxylation is 1. The summed E-state index contributed by atoms with van der Waals surface area (Å²) in [6.45, 7) is 2.37. The summed E-state index contributed by atoms with van der Waals surface area (Å²) in [4.78, 5) is 2.26. The number of rotatable bonds is 6. The van der Waals surface area contributed by atoms with Crippen molar-refractivity contribution in [1.29, 1.82) is 0 Å². The van der Waals surface area contributed by atoms with E-state index in [0.29, 0.717) is 6.04 Å². The van der Waals surface area contributed by atoms with Crippen LogP contribution in [0, 0.1) is 0 Å². The van der Waals surface area contributed by atoms with Gasteiger partial charge >= 0.3 is 0 Å². The van der Waals surface area contributed by atoms with Gasteiger partial charge in [-0.1, -0.05) is 24.3 Å². The molecule has 2 heteroatoms. The zero-order valence-corrected chi connectivity index (χ0v) is 11.8. The number of benzene rings is 1. The Kier molecular flexibility index (Phi) is 5.21. The molecule has 18 heavy (non-hydrogen) atoms. The summed E-state index contributed by atoms with van der Waals surface area (Å²) in [6, 6.07) is 9.59. The summed E-state index contributed by atoms with van der Waals surface area (Å²) >= 11 is 0. The minimum atomic E-state index is 0.694. The number of nitrogens with one attached hydrogen (secondary N) is 1. The average molecular weight is 246 g/mol. The summed E-state index contributed by atoms with van der Waals surface area (Å²) in [6.07, 6.45) is 6.33. The summed E-state index contributed by atoms with van der Waals surface area (Å²) in [7, 11) is 4.29. The largest absolute Gasteiger partial charge is 0.314 e. The molecular weight excluding hydrogens is 220 g/mol. The van der Waals surface area contributed by atoms with E-state index in [1.54, 1.807) is 11.1 Å². The molecule has 0 bridgehead atoms. The van der Waals surface area contributed by atoms with Gasteiger partial charge in [0.25, 0.3) is 0 Å². The van der Waals surface area contributed by atoms with Crippen molar-refractivity contribution in [2.75, 3.05) is 27.2 Å². The summed E-state index contributed by atoms with van der Waals surface area (Å²) < 4.78 is 0. The first-order valence-corrected chi connectivity index (χ1v) is 7.20. The van der Waals surface area contributed by atoms with Crippen LogP contribution in [0.3, 0.4) is 0 Å². The second-order valence-corrected chi connectivity index (χ2v) is 5.67. The second kappa shape index (κ2) is 6.91. The van der Waals surface area contributed by atoms with E-state index in [0.717, 1.165) is 0 Å². The van der Waals surface area contributed by atoms with Crippen LogP contribution in [-0.2, 0) is 12.8 Å². The molecule has 0 radical (unpaired) electrons. The van der Waals surface area contributed by atoms with Crippen LogP contribution in [0.25, 0.3) is 0 Å². The monoisotopic (exact) mass is 246 g/mol. The van der Waals surface area contributed by atoms with Gasteiger partial charge in [-0.3, -0.25) is 0 Å². The van der Waals surface area contributed by atoms with Crippen LogP contribution in [0.2, 0.25) is 0 Å². The summed E-state index contributed by atoms with van der Waals surface area (Å²) in [5.41, 5.74) is 3.11. The van der Waals surface area contributed by atoms with Gasteiger partial charge in [0.2, 0.25) is 0 Å². The first-order valence-electron chi connectivity index (χ1n) is 7.20. The molecule has 1 aromatic carbocycles. The lowest BCUT2D eigenvalue weighted by molar-refractivity contribution is 0.383. The number of fused-ring (bicyclic) bond motifs is 1. The third kappa shape index (κ3) is 4.11. The molecule has 0 aliphatic heterocycles. The Balaban J connectivity index is 1.67. The molecule has 1 unspecified atom stereocenters. The molecule has 100 valence electrons. The van der Waals surface area contributed by atoms with Crippen LogP contribution in [0.1, 0.15) is 30.4 Å². The molecule has 0 saturated heterocycles. The van der Waals surface area contributed by atoms with Crippen molar-refractivity contribution >= 4 is 0 Å². The Morgan fingerprint density at radius 2 is 1.94 bits per heavy atom. The highest BCUT2D eigenvalue weighted by atomic mass is 15.0. The van der Waals surface area contributed by atoms with E-state index >= 15 is 0 Å². The highest BCUT2D eigenvalue weighted by Gasteiger charge is 2.16. The van der Waals surface area contributed by atoms with Gasteiger partial charge in [-0.15, -0.1) is 0 Å². The third-order valence-corrected chi connectivity index (χ3v) is 3.81. The van der Waals surface area contributed by atoms with E-state index in [2.05, 4.69) is 48.6 Å². The van der Waals surface area contributed by atoms with Gasteiger partial charge in [0, 0.05) is 6.04 Å². The molecule has 1 aliphatic carbocycles. The van der Waals surface area contributed by atoms with Crippen LogP contribution in [0.15, 0.2) is 24.3 Å². The maximum Gasteiger partial charge on any atom is 0.0111 e.